The molecule has 0 bridgehead atoms. The van der Waals surface area contributed by atoms with E-state index in [0.717, 1.165) is 10.3 Å². The molecular weight excluding hydrogens is 220 g/mol. The van der Waals surface area contributed by atoms with Crippen LogP contribution in [0.2, 0.25) is 0 Å². The predicted molar refractivity (Wildman–Crippen MR) is 62.5 cm³/mol. The van der Waals surface area contributed by atoms with E-state index < -0.39 is 0 Å². The molecule has 1 nitrogen and oxygen atoms in total. The molecule has 0 aliphatic rings. The van der Waals surface area contributed by atoms with Gasteiger partial charge in [0.05, 0.1) is 4.90 Å². The maximum Gasteiger partial charge on any atom is 0.130 e. The molecule has 0 spiro atoms. The van der Waals surface area contributed by atoms with Crippen molar-refractivity contribution in [3.63, 3.8) is 0 Å². The Labute approximate surface area is 90.2 Å². The number of aromatic hydroxyl groups is 1. The molecule has 0 unspecified atom stereocenters. The molecule has 0 aliphatic heterocycles. The molecule has 1 aromatic carbocycles. The van der Waals surface area contributed by atoms with E-state index in [9.17, 15) is 5.11 Å². The van der Waals surface area contributed by atoms with Gasteiger partial charge in [-0.1, -0.05) is 0 Å². The quantitative estimate of drug-likeness (QED) is 0.574. The Balaban J connectivity index is 2.87. The van der Waals surface area contributed by atoms with E-state index in [0.29, 0.717) is 4.90 Å². The smallest absolute Gasteiger partial charge is 0.130 e. The largest absolute Gasteiger partial charge is 0.507 e. The molecule has 0 amide bonds. The molecule has 0 radical (unpaired) electrons. The molecule has 0 saturated heterocycles. The zero-order valence-electron chi connectivity index (χ0n) is 6.94. The zero-order chi connectivity index (χ0) is 9.42. The Morgan fingerprint density at radius 2 is 2.31 bits per heavy atom. The molecule has 0 fully saturated rings. The third-order valence-electron chi connectivity index (χ3n) is 1.87. The lowest BCUT2D eigenvalue weighted by atomic mass is 10.2. The van der Waals surface area contributed by atoms with Crippen LogP contribution in [0.3, 0.4) is 0 Å². The van der Waals surface area contributed by atoms with Crippen LogP contribution in [0.1, 0.15) is 0 Å². The molecule has 0 aliphatic carbocycles. The van der Waals surface area contributed by atoms with E-state index >= 15 is 0 Å². The Hall–Kier alpha value is -0.320. The summed E-state index contributed by atoms with van der Waals surface area (Å²) in [7, 11) is 0. The van der Waals surface area contributed by atoms with Gasteiger partial charge in [0.25, 0.3) is 0 Å². The van der Waals surface area contributed by atoms with Gasteiger partial charge >= 0.3 is 0 Å². The number of hydrogen-bond donors (Lipinski definition) is 2. The van der Waals surface area contributed by atoms with Gasteiger partial charge in [-0.3, -0.25) is 0 Å². The van der Waals surface area contributed by atoms with Crippen LogP contribution >= 0.6 is 35.7 Å². The van der Waals surface area contributed by atoms with Crippen molar-refractivity contribution < 1.29 is 5.11 Å². The summed E-state index contributed by atoms with van der Waals surface area (Å²) in [5.41, 5.74) is 0. The molecular formula is C9H8OS3. The number of phenolic OH excluding ortho intramolecular Hbond substituents is 1. The fourth-order valence-corrected chi connectivity index (χ4v) is 3.29. The lowest BCUT2D eigenvalue weighted by molar-refractivity contribution is 0.463. The van der Waals surface area contributed by atoms with Crippen molar-refractivity contribution in [1.29, 1.82) is 0 Å². The molecule has 2 rings (SSSR count). The molecule has 1 aromatic heterocycles. The van der Waals surface area contributed by atoms with Gasteiger partial charge in [0.1, 0.15) is 5.75 Å². The van der Waals surface area contributed by atoms with E-state index in [2.05, 4.69) is 12.6 Å². The van der Waals surface area contributed by atoms with Crippen LogP contribution in [-0.4, -0.2) is 11.4 Å². The summed E-state index contributed by atoms with van der Waals surface area (Å²) >= 11 is 7.59. The van der Waals surface area contributed by atoms with E-state index in [1.54, 1.807) is 29.2 Å². The second-order valence-corrected chi connectivity index (χ2v) is 4.82. The predicted octanol–water partition coefficient (Wildman–Crippen LogP) is 3.62. The van der Waals surface area contributed by atoms with Crippen LogP contribution in [0.15, 0.2) is 27.3 Å². The number of fused-ring (bicyclic) bond motifs is 1. The van der Waals surface area contributed by atoms with Crippen molar-refractivity contribution in [3.05, 3.63) is 17.5 Å². The van der Waals surface area contributed by atoms with Crippen molar-refractivity contribution in [3.8, 4) is 5.75 Å². The van der Waals surface area contributed by atoms with E-state index in [4.69, 9.17) is 0 Å². The minimum atomic E-state index is 0.263. The van der Waals surface area contributed by atoms with Crippen LogP contribution in [0.5, 0.6) is 5.75 Å². The summed E-state index contributed by atoms with van der Waals surface area (Å²) in [5.74, 6) is 0.263. The van der Waals surface area contributed by atoms with Crippen molar-refractivity contribution in [2.75, 3.05) is 6.26 Å². The van der Waals surface area contributed by atoms with Gasteiger partial charge in [-0.15, -0.1) is 35.7 Å². The van der Waals surface area contributed by atoms with Crippen molar-refractivity contribution >= 4 is 45.8 Å². The Morgan fingerprint density at radius 1 is 1.54 bits per heavy atom. The molecule has 1 heterocycles. The van der Waals surface area contributed by atoms with Crippen molar-refractivity contribution in [2.45, 2.75) is 9.79 Å². The third-order valence-corrected chi connectivity index (χ3v) is 4.18. The lowest BCUT2D eigenvalue weighted by Gasteiger charge is -2.03. The number of thiol groups is 1. The van der Waals surface area contributed by atoms with Gasteiger partial charge in [0.15, 0.2) is 0 Å². The average molecular weight is 228 g/mol. The number of phenols is 1. The monoisotopic (exact) mass is 228 g/mol. The SMILES string of the molecule is CSc1cc(O)c(S)c2ccsc12. The first kappa shape index (κ1) is 9.24. The molecule has 0 saturated carbocycles. The van der Waals surface area contributed by atoms with Crippen molar-refractivity contribution in [2.24, 2.45) is 0 Å². The Morgan fingerprint density at radius 3 is 3.00 bits per heavy atom. The first-order valence-corrected chi connectivity index (χ1v) is 6.25. The summed E-state index contributed by atoms with van der Waals surface area (Å²) in [6.45, 7) is 0. The van der Waals surface area contributed by atoms with Crippen LogP contribution in [0.25, 0.3) is 10.1 Å². The summed E-state index contributed by atoms with van der Waals surface area (Å²) < 4.78 is 1.20. The second-order valence-electron chi connectivity index (χ2n) is 2.61. The first-order chi connectivity index (χ1) is 6.24. The maximum atomic E-state index is 9.56. The molecule has 0 atom stereocenters. The molecule has 2 aromatic rings. The minimum absolute atomic E-state index is 0.263. The standard InChI is InChI=1S/C9H8OS3/c1-12-7-4-6(10)8(11)5-2-3-13-9(5)7/h2-4,10-11H,1H3. The summed E-state index contributed by atoms with van der Waals surface area (Å²) in [6, 6.07) is 3.76. The fourth-order valence-electron chi connectivity index (χ4n) is 1.23. The van der Waals surface area contributed by atoms with Gasteiger partial charge in [-0.05, 0) is 23.8 Å². The molecule has 4 heteroatoms. The summed E-state index contributed by atoms with van der Waals surface area (Å²) in [4.78, 5) is 1.79. The second kappa shape index (κ2) is 3.44. The van der Waals surface area contributed by atoms with E-state index in [-0.39, 0.29) is 5.75 Å². The fraction of sp³-hybridized carbons (Fsp3) is 0.111. The summed E-state index contributed by atoms with van der Waals surface area (Å²) in [6.07, 6.45) is 2.01. The number of hydrogen-bond acceptors (Lipinski definition) is 4. The zero-order valence-corrected chi connectivity index (χ0v) is 9.47. The highest BCUT2D eigenvalue weighted by Crippen LogP contribution is 2.39. The highest BCUT2D eigenvalue weighted by atomic mass is 32.2. The van der Waals surface area contributed by atoms with Gasteiger partial charge in [0, 0.05) is 15.0 Å². The van der Waals surface area contributed by atoms with Crippen LogP contribution < -0.4 is 0 Å². The highest BCUT2D eigenvalue weighted by Gasteiger charge is 2.09. The minimum Gasteiger partial charge on any atom is -0.507 e. The maximum absolute atomic E-state index is 9.56. The van der Waals surface area contributed by atoms with Gasteiger partial charge in [-0.25, -0.2) is 0 Å². The number of benzene rings is 1. The van der Waals surface area contributed by atoms with Gasteiger partial charge in [-0.2, -0.15) is 0 Å². The topological polar surface area (TPSA) is 20.2 Å². The van der Waals surface area contributed by atoms with E-state index in [1.165, 1.54) is 4.70 Å². The number of thiophene rings is 1. The van der Waals surface area contributed by atoms with E-state index in [1.807, 2.05) is 17.7 Å². The van der Waals surface area contributed by atoms with Crippen LogP contribution in [-0.2, 0) is 0 Å². The van der Waals surface area contributed by atoms with Crippen molar-refractivity contribution in [1.82, 2.24) is 0 Å². The molecule has 1 N–H and O–H groups in total. The Kier molecular flexibility index (Phi) is 2.45. The Bertz CT molecular complexity index is 447. The normalized spacial score (nSPS) is 10.9. The summed E-state index contributed by atoms with van der Waals surface area (Å²) in [5, 5.41) is 12.6. The highest BCUT2D eigenvalue weighted by molar-refractivity contribution is 7.99. The van der Waals surface area contributed by atoms with Gasteiger partial charge < -0.3 is 5.11 Å². The lowest BCUT2D eigenvalue weighted by Crippen LogP contribution is -1.75. The molecule has 68 valence electrons. The number of rotatable bonds is 1. The van der Waals surface area contributed by atoms with Crippen LogP contribution in [0, 0.1) is 0 Å². The van der Waals surface area contributed by atoms with Crippen LogP contribution in [0.4, 0.5) is 0 Å². The number of thioether (sulfide) groups is 1. The average Bonchev–Trinajstić information content (AvgIpc) is 2.60. The molecule has 13 heavy (non-hydrogen) atoms. The third kappa shape index (κ3) is 1.43. The van der Waals surface area contributed by atoms with Gasteiger partial charge in [0.2, 0.25) is 0 Å². The first-order valence-electron chi connectivity index (χ1n) is 3.70.